The smallest absolute Gasteiger partial charge is 0.261 e. The Labute approximate surface area is 181 Å². The van der Waals surface area contributed by atoms with Crippen molar-refractivity contribution < 1.29 is 19.2 Å². The molecule has 10 N–H and O–H groups in total. The van der Waals surface area contributed by atoms with E-state index in [9.17, 15) is 19.2 Å². The number of carbonyl (C=O) groups is 3. The van der Waals surface area contributed by atoms with E-state index >= 15 is 0 Å². The number of hydrogen-bond acceptors (Lipinski definition) is 8. The van der Waals surface area contributed by atoms with Crippen LogP contribution in [0.2, 0.25) is 0 Å². The molecule has 0 aliphatic rings. The van der Waals surface area contributed by atoms with Crippen molar-refractivity contribution in [1.29, 1.82) is 5.41 Å². The second-order valence-corrected chi connectivity index (χ2v) is 6.95. The maximum atomic E-state index is 12.9. The lowest BCUT2D eigenvalue weighted by atomic mass is 9.97. The molecule has 1 aromatic rings. The van der Waals surface area contributed by atoms with Crippen molar-refractivity contribution in [3.63, 3.8) is 0 Å². The van der Waals surface area contributed by atoms with Crippen LogP contribution in [-0.2, 0) is 20.9 Å². The summed E-state index contributed by atoms with van der Waals surface area (Å²) in [6, 6.07) is 3.58. The zero-order valence-corrected chi connectivity index (χ0v) is 17.5. The first-order valence-electron chi connectivity index (χ1n) is 9.81. The van der Waals surface area contributed by atoms with Gasteiger partial charge in [-0.05, 0) is 30.9 Å². The Morgan fingerprint density at radius 2 is 1.81 bits per heavy atom. The molecule has 1 aromatic carbocycles. The Morgan fingerprint density at radius 1 is 1.16 bits per heavy atom. The van der Waals surface area contributed by atoms with Crippen molar-refractivity contribution in [2.45, 2.75) is 50.9 Å². The van der Waals surface area contributed by atoms with E-state index in [4.69, 9.17) is 28.3 Å². The molecule has 0 aliphatic heterocycles. The zero-order chi connectivity index (χ0) is 23.6. The van der Waals surface area contributed by atoms with Crippen LogP contribution < -0.4 is 28.3 Å². The largest absolute Gasteiger partial charge is 0.370 e. The highest BCUT2D eigenvalue weighted by Crippen LogP contribution is 2.14. The first-order valence-corrected chi connectivity index (χ1v) is 9.81. The summed E-state index contributed by atoms with van der Waals surface area (Å²) in [7, 11) is 0. The molecular formula is C20H30N7O4. The third kappa shape index (κ3) is 7.24. The maximum Gasteiger partial charge on any atom is 0.261 e. The van der Waals surface area contributed by atoms with Gasteiger partial charge in [0.05, 0.1) is 24.7 Å². The number of amides is 2. The minimum Gasteiger partial charge on any atom is -0.370 e. The molecule has 3 atom stereocenters. The molecule has 2 unspecified atom stereocenters. The Kier molecular flexibility index (Phi) is 10.5. The number of nitrogens with one attached hydrogen (secondary N) is 2. The molecule has 169 valence electrons. The Balaban J connectivity index is 2.97. The van der Waals surface area contributed by atoms with Crippen LogP contribution in [0.1, 0.15) is 42.1 Å². The van der Waals surface area contributed by atoms with E-state index in [2.05, 4.69) is 5.32 Å². The molecule has 1 radical (unpaired) electrons. The summed E-state index contributed by atoms with van der Waals surface area (Å²) in [5, 5.41) is 9.88. The molecule has 31 heavy (non-hydrogen) atoms. The van der Waals surface area contributed by atoms with Gasteiger partial charge in [0.2, 0.25) is 12.2 Å². The van der Waals surface area contributed by atoms with Crippen LogP contribution in [0, 0.1) is 5.41 Å². The Hall–Kier alpha value is -3.15. The topological polar surface area (TPSA) is 211 Å². The van der Waals surface area contributed by atoms with Gasteiger partial charge in [0.25, 0.3) is 5.91 Å². The number of benzene rings is 1. The fourth-order valence-corrected chi connectivity index (χ4v) is 2.97. The van der Waals surface area contributed by atoms with Crippen molar-refractivity contribution in [2.24, 2.45) is 22.9 Å². The number of guanidine groups is 1. The molecule has 0 bridgehead atoms. The highest BCUT2D eigenvalue weighted by Gasteiger charge is 2.30. The van der Waals surface area contributed by atoms with Gasteiger partial charge in [0.1, 0.15) is 0 Å². The summed E-state index contributed by atoms with van der Waals surface area (Å²) in [5.41, 5.74) is 23.4. The molecule has 0 fully saturated rings. The highest BCUT2D eigenvalue weighted by atomic mass is 16.2. The molecule has 11 nitrogen and oxygen atoms in total. The normalized spacial score (nSPS) is 13.5. The number of rotatable bonds is 12. The van der Waals surface area contributed by atoms with Crippen LogP contribution in [0.3, 0.4) is 0 Å². The van der Waals surface area contributed by atoms with Crippen LogP contribution in [0.5, 0.6) is 0 Å². The first kappa shape index (κ1) is 25.9. The van der Waals surface area contributed by atoms with Crippen LogP contribution in [0.4, 0.5) is 0 Å². The zero-order valence-electron chi connectivity index (χ0n) is 17.5. The average molecular weight is 433 g/mol. The standard InChI is InChI=1S/C20H30N7O4/c1-2-14(22)17(29)16(26-20(24)25)8-7-15(23)19(31)27(9-10-28)18(30)13-6-4-3-5-12(13)11-21/h3-6,14-16H,2,7-9,11,21-23H2,1H3,(H4,24,25,26)/t14?,15-,16?/m0/s1. The predicted molar refractivity (Wildman–Crippen MR) is 115 cm³/mol. The fraction of sp³-hybridized carbons (Fsp3) is 0.450. The lowest BCUT2D eigenvalue weighted by Gasteiger charge is -2.25. The van der Waals surface area contributed by atoms with Crippen molar-refractivity contribution >= 4 is 29.8 Å². The summed E-state index contributed by atoms with van der Waals surface area (Å²) >= 11 is 0. The predicted octanol–water partition coefficient (Wildman–Crippen LogP) is -1.51. The van der Waals surface area contributed by atoms with Gasteiger partial charge < -0.3 is 28.3 Å². The van der Waals surface area contributed by atoms with E-state index in [-0.39, 0.29) is 30.7 Å². The first-order chi connectivity index (χ1) is 14.7. The molecule has 1 rings (SSSR count). The Bertz CT molecular complexity index is 814. The van der Waals surface area contributed by atoms with Crippen molar-refractivity contribution in [3.8, 4) is 0 Å². The van der Waals surface area contributed by atoms with Gasteiger partial charge in [-0.15, -0.1) is 0 Å². The monoisotopic (exact) mass is 432 g/mol. The van der Waals surface area contributed by atoms with Crippen molar-refractivity contribution in [1.82, 2.24) is 10.2 Å². The molecule has 0 aromatic heterocycles. The summed E-state index contributed by atoms with van der Waals surface area (Å²) in [6.07, 6.45) is 1.96. The number of nitrogens with two attached hydrogens (primary N) is 4. The van der Waals surface area contributed by atoms with E-state index in [0.717, 1.165) is 0 Å². The SMILES string of the molecule is CCC(N)C(=O)C(CC[C@H](N)C(=O)N(C[C]=O)C(=O)c1ccccc1CN)NC(=N)N. The quantitative estimate of drug-likeness (QED) is 0.167. The second-order valence-electron chi connectivity index (χ2n) is 6.95. The van der Waals surface area contributed by atoms with E-state index in [0.29, 0.717) is 16.9 Å². The minimum absolute atomic E-state index is 0.0207. The van der Waals surface area contributed by atoms with Crippen LogP contribution in [-0.4, -0.2) is 59.4 Å². The lowest BCUT2D eigenvalue weighted by Crippen LogP contribution is -2.52. The summed E-state index contributed by atoms with van der Waals surface area (Å²) in [6.45, 7) is 1.21. The molecule has 0 heterocycles. The maximum absolute atomic E-state index is 12.9. The highest BCUT2D eigenvalue weighted by molar-refractivity contribution is 6.07. The molecule has 0 saturated carbocycles. The van der Waals surface area contributed by atoms with Gasteiger partial charge >= 0.3 is 0 Å². The number of imide groups is 1. The number of hydrogen-bond donors (Lipinski definition) is 6. The molecule has 2 amide bonds. The third-order valence-corrected chi connectivity index (χ3v) is 4.76. The summed E-state index contributed by atoms with van der Waals surface area (Å²) < 4.78 is 0. The summed E-state index contributed by atoms with van der Waals surface area (Å²) in [4.78, 5) is 49.8. The number of carbonyl (C=O) groups excluding carboxylic acids is 4. The van der Waals surface area contributed by atoms with Crippen LogP contribution in [0.15, 0.2) is 24.3 Å². The summed E-state index contributed by atoms with van der Waals surface area (Å²) in [5.74, 6) is -2.31. The van der Waals surface area contributed by atoms with E-state index < -0.39 is 42.4 Å². The average Bonchev–Trinajstić information content (AvgIpc) is 2.77. The second kappa shape index (κ2) is 12.5. The number of ketones is 1. The molecule has 11 heteroatoms. The number of nitrogens with zero attached hydrogens (tertiary/aromatic N) is 1. The number of Topliss-reactive ketones (excluding diaryl/α,β-unsaturated/α-hetero) is 1. The molecule has 0 saturated heterocycles. The van der Waals surface area contributed by atoms with Gasteiger partial charge in [0.15, 0.2) is 11.7 Å². The van der Waals surface area contributed by atoms with Gasteiger partial charge in [-0.1, -0.05) is 25.1 Å². The van der Waals surface area contributed by atoms with E-state index in [1.807, 2.05) is 0 Å². The van der Waals surface area contributed by atoms with Gasteiger partial charge in [0, 0.05) is 12.1 Å². The van der Waals surface area contributed by atoms with Crippen molar-refractivity contribution in [3.05, 3.63) is 35.4 Å². The molecule has 0 aliphatic carbocycles. The van der Waals surface area contributed by atoms with Crippen molar-refractivity contribution in [2.75, 3.05) is 6.54 Å². The van der Waals surface area contributed by atoms with Gasteiger partial charge in [-0.25, -0.2) is 0 Å². The fourth-order valence-electron chi connectivity index (χ4n) is 2.97. The third-order valence-electron chi connectivity index (χ3n) is 4.76. The lowest BCUT2D eigenvalue weighted by molar-refractivity contribution is -0.130. The van der Waals surface area contributed by atoms with Crippen LogP contribution in [0.25, 0.3) is 0 Å². The molecule has 0 spiro atoms. The van der Waals surface area contributed by atoms with E-state index in [1.165, 1.54) is 6.07 Å². The van der Waals surface area contributed by atoms with Crippen LogP contribution >= 0.6 is 0 Å². The Morgan fingerprint density at radius 3 is 2.35 bits per heavy atom. The van der Waals surface area contributed by atoms with Gasteiger partial charge in [-0.3, -0.25) is 29.5 Å². The molecular weight excluding hydrogens is 402 g/mol. The van der Waals surface area contributed by atoms with Gasteiger partial charge in [-0.2, -0.15) is 0 Å². The van der Waals surface area contributed by atoms with E-state index in [1.54, 1.807) is 31.4 Å². The minimum atomic E-state index is -1.19.